The Morgan fingerprint density at radius 2 is 1.71 bits per heavy atom. The third kappa shape index (κ3) is 3.11. The van der Waals surface area contributed by atoms with Gasteiger partial charge in [-0.05, 0) is 44.5 Å². The van der Waals surface area contributed by atoms with Gasteiger partial charge in [0.15, 0.2) is 0 Å². The van der Waals surface area contributed by atoms with Crippen molar-refractivity contribution in [3.05, 3.63) is 65.2 Å². The Balaban J connectivity index is 2.04. The van der Waals surface area contributed by atoms with Crippen molar-refractivity contribution in [2.75, 3.05) is 13.1 Å². The van der Waals surface area contributed by atoms with Gasteiger partial charge in [-0.3, -0.25) is 4.90 Å². The third-order valence-electron chi connectivity index (χ3n) is 4.35. The first kappa shape index (κ1) is 14.2. The van der Waals surface area contributed by atoms with Gasteiger partial charge in [0, 0.05) is 5.56 Å². The molecule has 0 amide bonds. The van der Waals surface area contributed by atoms with Gasteiger partial charge in [0.1, 0.15) is 5.75 Å². The number of piperidine rings is 1. The van der Waals surface area contributed by atoms with Crippen LogP contribution in [0.15, 0.2) is 48.5 Å². The first-order valence-electron chi connectivity index (χ1n) is 7.84. The maximum atomic E-state index is 10.3. The van der Waals surface area contributed by atoms with Gasteiger partial charge in [0.25, 0.3) is 0 Å². The molecule has 1 saturated heterocycles. The Bertz CT molecular complexity index is 602. The average molecular weight is 281 g/mol. The van der Waals surface area contributed by atoms with E-state index in [4.69, 9.17) is 0 Å². The Kier molecular flexibility index (Phi) is 4.26. The van der Waals surface area contributed by atoms with Crippen LogP contribution in [-0.2, 0) is 0 Å². The zero-order valence-electron chi connectivity index (χ0n) is 12.6. The molecule has 3 rings (SSSR count). The lowest BCUT2D eigenvalue weighted by molar-refractivity contribution is 0.185. The van der Waals surface area contributed by atoms with Gasteiger partial charge in [-0.15, -0.1) is 0 Å². The lowest BCUT2D eigenvalue weighted by Crippen LogP contribution is -2.34. The normalized spacial score (nSPS) is 17.6. The van der Waals surface area contributed by atoms with Gasteiger partial charge < -0.3 is 5.11 Å². The summed E-state index contributed by atoms with van der Waals surface area (Å²) in [4.78, 5) is 2.51. The van der Waals surface area contributed by atoms with Gasteiger partial charge in [-0.1, -0.05) is 54.4 Å². The van der Waals surface area contributed by atoms with Crippen molar-refractivity contribution in [2.45, 2.75) is 32.2 Å². The van der Waals surface area contributed by atoms with Crippen LogP contribution >= 0.6 is 0 Å². The van der Waals surface area contributed by atoms with Crippen LogP contribution < -0.4 is 0 Å². The Labute approximate surface area is 127 Å². The summed E-state index contributed by atoms with van der Waals surface area (Å²) in [6.45, 7) is 4.33. The smallest absolute Gasteiger partial charge is 0.120 e. The number of phenols is 1. The second-order valence-corrected chi connectivity index (χ2v) is 5.97. The average Bonchev–Trinajstić information content (AvgIpc) is 2.51. The zero-order valence-corrected chi connectivity index (χ0v) is 12.6. The van der Waals surface area contributed by atoms with Gasteiger partial charge in [0.2, 0.25) is 0 Å². The number of nitrogens with zero attached hydrogens (tertiary/aromatic N) is 1. The highest BCUT2D eigenvalue weighted by Gasteiger charge is 2.25. The fraction of sp³-hybridized carbons (Fsp3) is 0.368. The molecule has 1 unspecified atom stereocenters. The second kappa shape index (κ2) is 6.31. The van der Waals surface area contributed by atoms with Crippen LogP contribution in [-0.4, -0.2) is 23.1 Å². The molecule has 1 heterocycles. The predicted octanol–water partition coefficient (Wildman–Crippen LogP) is 4.28. The molecule has 2 aromatic rings. The predicted molar refractivity (Wildman–Crippen MR) is 86.6 cm³/mol. The van der Waals surface area contributed by atoms with E-state index in [0.29, 0.717) is 5.75 Å². The molecule has 0 saturated carbocycles. The molecule has 2 aromatic carbocycles. The number of hydrogen-bond acceptors (Lipinski definition) is 2. The second-order valence-electron chi connectivity index (χ2n) is 5.97. The number of para-hydroxylation sites is 1. The molecule has 0 aromatic heterocycles. The number of aryl methyl sites for hydroxylation is 1. The highest BCUT2D eigenvalue weighted by molar-refractivity contribution is 5.41. The molecular weight excluding hydrogens is 258 g/mol. The van der Waals surface area contributed by atoms with E-state index < -0.39 is 0 Å². The summed E-state index contributed by atoms with van der Waals surface area (Å²) in [5, 5.41) is 10.3. The van der Waals surface area contributed by atoms with E-state index in [-0.39, 0.29) is 6.04 Å². The third-order valence-corrected chi connectivity index (χ3v) is 4.35. The number of hydrogen-bond donors (Lipinski definition) is 1. The quantitative estimate of drug-likeness (QED) is 0.908. The number of benzene rings is 2. The molecule has 1 aliphatic heterocycles. The Morgan fingerprint density at radius 1 is 0.952 bits per heavy atom. The van der Waals surface area contributed by atoms with E-state index in [9.17, 15) is 5.11 Å². The molecule has 1 aliphatic rings. The molecule has 0 bridgehead atoms. The lowest BCUT2D eigenvalue weighted by atomic mass is 9.93. The number of likely N-dealkylation sites (tertiary alicyclic amines) is 1. The summed E-state index contributed by atoms with van der Waals surface area (Å²) in [5.41, 5.74) is 3.56. The monoisotopic (exact) mass is 281 g/mol. The van der Waals surface area contributed by atoms with Crippen molar-refractivity contribution in [1.82, 2.24) is 4.90 Å². The van der Waals surface area contributed by atoms with E-state index in [2.05, 4.69) is 42.2 Å². The van der Waals surface area contributed by atoms with Gasteiger partial charge in [-0.2, -0.15) is 0 Å². The fourth-order valence-electron chi connectivity index (χ4n) is 3.32. The van der Waals surface area contributed by atoms with Gasteiger partial charge in [0.05, 0.1) is 6.04 Å². The fourth-order valence-corrected chi connectivity index (χ4v) is 3.32. The number of aromatic hydroxyl groups is 1. The Morgan fingerprint density at radius 3 is 2.43 bits per heavy atom. The topological polar surface area (TPSA) is 23.5 Å². The molecule has 0 spiro atoms. The van der Waals surface area contributed by atoms with E-state index in [1.54, 1.807) is 6.07 Å². The van der Waals surface area contributed by atoms with Crippen LogP contribution in [0.4, 0.5) is 0 Å². The SMILES string of the molecule is Cc1cccc(C(c2ccccc2O)N2CCCCC2)c1. The van der Waals surface area contributed by atoms with Crippen LogP contribution in [0.1, 0.15) is 42.0 Å². The van der Waals surface area contributed by atoms with E-state index >= 15 is 0 Å². The first-order chi connectivity index (χ1) is 10.3. The van der Waals surface area contributed by atoms with Crippen molar-refractivity contribution in [3.8, 4) is 5.75 Å². The van der Waals surface area contributed by atoms with Gasteiger partial charge >= 0.3 is 0 Å². The highest BCUT2D eigenvalue weighted by Crippen LogP contribution is 2.35. The summed E-state index contributed by atoms with van der Waals surface area (Å²) < 4.78 is 0. The zero-order chi connectivity index (χ0) is 14.7. The maximum Gasteiger partial charge on any atom is 0.120 e. The van der Waals surface area contributed by atoms with E-state index in [1.165, 1.54) is 30.4 Å². The maximum absolute atomic E-state index is 10.3. The highest BCUT2D eigenvalue weighted by atomic mass is 16.3. The van der Waals surface area contributed by atoms with E-state index in [0.717, 1.165) is 18.7 Å². The van der Waals surface area contributed by atoms with Crippen LogP contribution in [0.2, 0.25) is 0 Å². The van der Waals surface area contributed by atoms with Crippen molar-refractivity contribution >= 4 is 0 Å². The van der Waals surface area contributed by atoms with Crippen molar-refractivity contribution in [3.63, 3.8) is 0 Å². The molecule has 2 heteroatoms. The minimum Gasteiger partial charge on any atom is -0.508 e. The van der Waals surface area contributed by atoms with Crippen molar-refractivity contribution in [1.29, 1.82) is 0 Å². The standard InChI is InChI=1S/C19H23NO/c1-15-8-7-9-16(14-15)19(20-12-5-2-6-13-20)17-10-3-4-11-18(17)21/h3-4,7-11,14,19,21H,2,5-6,12-13H2,1H3. The van der Waals surface area contributed by atoms with Crippen molar-refractivity contribution < 1.29 is 5.11 Å². The molecule has 1 atom stereocenters. The van der Waals surface area contributed by atoms with Crippen LogP contribution in [0, 0.1) is 6.92 Å². The summed E-state index contributed by atoms with van der Waals surface area (Å²) in [6, 6.07) is 16.6. The number of rotatable bonds is 3. The summed E-state index contributed by atoms with van der Waals surface area (Å²) >= 11 is 0. The van der Waals surface area contributed by atoms with Crippen molar-refractivity contribution in [2.24, 2.45) is 0 Å². The Hall–Kier alpha value is -1.80. The molecule has 0 aliphatic carbocycles. The van der Waals surface area contributed by atoms with Crippen LogP contribution in [0.3, 0.4) is 0 Å². The molecule has 1 fully saturated rings. The van der Waals surface area contributed by atoms with Crippen LogP contribution in [0.25, 0.3) is 0 Å². The largest absolute Gasteiger partial charge is 0.508 e. The van der Waals surface area contributed by atoms with E-state index in [1.807, 2.05) is 12.1 Å². The molecule has 1 N–H and O–H groups in total. The first-order valence-corrected chi connectivity index (χ1v) is 7.84. The minimum absolute atomic E-state index is 0.159. The molecule has 2 nitrogen and oxygen atoms in total. The number of phenolic OH excluding ortho intramolecular Hbond substituents is 1. The minimum atomic E-state index is 0.159. The molecule has 110 valence electrons. The molecule has 21 heavy (non-hydrogen) atoms. The molecule has 0 radical (unpaired) electrons. The van der Waals surface area contributed by atoms with Gasteiger partial charge in [-0.25, -0.2) is 0 Å². The lowest BCUT2D eigenvalue weighted by Gasteiger charge is -2.35. The summed E-state index contributed by atoms with van der Waals surface area (Å²) in [5.74, 6) is 0.398. The molecular formula is C19H23NO. The summed E-state index contributed by atoms with van der Waals surface area (Å²) in [7, 11) is 0. The summed E-state index contributed by atoms with van der Waals surface area (Å²) in [6.07, 6.45) is 3.81. The van der Waals surface area contributed by atoms with Crippen LogP contribution in [0.5, 0.6) is 5.75 Å².